The number of carbonyl (C=O) groups excluding carboxylic acids is 1. The number of aliphatic hydroxyl groups excluding tert-OH is 3. The van der Waals surface area contributed by atoms with Crippen LogP contribution in [0.4, 0.5) is 0 Å². The number of esters is 1. The zero-order valence-electron chi connectivity index (χ0n) is 22.6. The van der Waals surface area contributed by atoms with Crippen LogP contribution in [0.3, 0.4) is 0 Å². The Labute approximate surface area is 239 Å². The molecule has 3 heterocycles. The highest BCUT2D eigenvalue weighted by atomic mass is 16.7. The number of benzene rings is 2. The Morgan fingerprint density at radius 1 is 1.02 bits per heavy atom. The lowest BCUT2D eigenvalue weighted by atomic mass is 9.89. The number of hydrogen-bond acceptors (Lipinski definition) is 14. The summed E-state index contributed by atoms with van der Waals surface area (Å²) in [5.41, 5.74) is 13.1. The molecule has 1 saturated heterocycles. The number of aliphatic carboxylic acids is 1. The van der Waals surface area contributed by atoms with E-state index in [4.69, 9.17) is 49.7 Å². The number of rotatable bonds is 9. The fraction of sp³-hybridized carbons (Fsp3) is 0.481. The Bertz CT molecular complexity index is 1340. The van der Waals surface area contributed by atoms with Crippen LogP contribution in [-0.4, -0.2) is 96.2 Å². The molecule has 8 N–H and O–H groups in total. The molecule has 8 atom stereocenters. The maximum absolute atomic E-state index is 12.0. The van der Waals surface area contributed by atoms with Crippen molar-refractivity contribution >= 4 is 11.9 Å². The quantitative estimate of drug-likeness (QED) is 0.118. The summed E-state index contributed by atoms with van der Waals surface area (Å²) in [4.78, 5) is 22.8. The van der Waals surface area contributed by atoms with E-state index in [1.54, 1.807) is 24.3 Å². The van der Waals surface area contributed by atoms with Gasteiger partial charge in [-0.2, -0.15) is 0 Å². The third-order valence-electron chi connectivity index (χ3n) is 7.38. The maximum Gasteiger partial charge on any atom is 0.317 e. The molecule has 0 amide bonds. The molecule has 15 heteroatoms. The van der Waals surface area contributed by atoms with Crippen molar-refractivity contribution in [2.75, 3.05) is 20.8 Å². The van der Waals surface area contributed by atoms with E-state index in [1.807, 2.05) is 6.07 Å². The molecule has 0 radical (unpaired) electrons. The van der Waals surface area contributed by atoms with Crippen LogP contribution in [-0.2, 0) is 19.1 Å². The smallest absolute Gasteiger partial charge is 0.317 e. The van der Waals surface area contributed by atoms with Gasteiger partial charge in [0, 0.05) is 17.2 Å². The van der Waals surface area contributed by atoms with Gasteiger partial charge >= 0.3 is 11.9 Å². The van der Waals surface area contributed by atoms with Gasteiger partial charge in [-0.1, -0.05) is 6.07 Å². The zero-order valence-corrected chi connectivity index (χ0v) is 22.6. The lowest BCUT2D eigenvalue weighted by Gasteiger charge is -2.43. The summed E-state index contributed by atoms with van der Waals surface area (Å²) >= 11 is 0. The molecular formula is C27H32N2O13. The Hall–Kier alpha value is -3.86. The molecule has 3 aliphatic heterocycles. The van der Waals surface area contributed by atoms with Crippen molar-refractivity contribution in [2.45, 2.75) is 61.4 Å². The first kappa shape index (κ1) is 29.6. The first-order chi connectivity index (χ1) is 20.0. The van der Waals surface area contributed by atoms with E-state index in [0.29, 0.717) is 23.0 Å². The normalized spacial score (nSPS) is 28.3. The van der Waals surface area contributed by atoms with E-state index < -0.39 is 61.3 Å². The van der Waals surface area contributed by atoms with Crippen molar-refractivity contribution in [2.24, 2.45) is 11.5 Å². The number of aliphatic hydroxyl groups is 3. The molecule has 0 aromatic heterocycles. The second-order valence-corrected chi connectivity index (χ2v) is 10.0. The average molecular weight is 593 g/mol. The molecule has 0 unspecified atom stereocenters. The molecule has 0 spiro atoms. The molecule has 2 aromatic rings. The number of carboxylic acids is 1. The van der Waals surface area contributed by atoms with Crippen molar-refractivity contribution in [3.05, 3.63) is 41.5 Å². The molecule has 5 rings (SSSR count). The Kier molecular flexibility index (Phi) is 8.32. The number of carboxylic acid groups (broad SMARTS) is 1. The molecule has 0 bridgehead atoms. The second-order valence-electron chi connectivity index (χ2n) is 10.0. The third kappa shape index (κ3) is 5.37. The summed E-state index contributed by atoms with van der Waals surface area (Å²) in [6.45, 7) is 0.289. The summed E-state index contributed by atoms with van der Waals surface area (Å²) in [7, 11) is 3.07. The van der Waals surface area contributed by atoms with Crippen LogP contribution in [0, 0.1) is 0 Å². The van der Waals surface area contributed by atoms with Crippen molar-refractivity contribution in [3.8, 4) is 28.7 Å². The van der Waals surface area contributed by atoms with Crippen LogP contribution in [0.25, 0.3) is 0 Å². The van der Waals surface area contributed by atoms with Crippen LogP contribution in [0.1, 0.15) is 29.6 Å². The topological polar surface area (TPSA) is 232 Å². The molecule has 2 aromatic carbocycles. The lowest BCUT2D eigenvalue weighted by Crippen LogP contribution is -2.66. The summed E-state index contributed by atoms with van der Waals surface area (Å²) in [5, 5.41) is 40.5. The van der Waals surface area contributed by atoms with Crippen molar-refractivity contribution in [1.29, 1.82) is 0 Å². The van der Waals surface area contributed by atoms with Crippen LogP contribution in [0.5, 0.6) is 28.7 Å². The molecular weight excluding hydrogens is 560 g/mol. The van der Waals surface area contributed by atoms with E-state index >= 15 is 0 Å². The highest BCUT2D eigenvalue weighted by molar-refractivity contribution is 5.90. The summed E-state index contributed by atoms with van der Waals surface area (Å²) in [5.74, 6) is -0.569. The first-order valence-electron chi connectivity index (χ1n) is 13.0. The van der Waals surface area contributed by atoms with E-state index in [9.17, 15) is 24.9 Å². The van der Waals surface area contributed by atoms with E-state index in [-0.39, 0.29) is 24.4 Å². The van der Waals surface area contributed by atoms with E-state index in [2.05, 4.69) is 0 Å². The Morgan fingerprint density at radius 3 is 2.43 bits per heavy atom. The number of hydrogen-bond donors (Lipinski definition) is 6. The number of methoxy groups -OCH3 is 2. The highest BCUT2D eigenvalue weighted by Crippen LogP contribution is 2.56. The second kappa shape index (κ2) is 11.8. The summed E-state index contributed by atoms with van der Waals surface area (Å²) in [6, 6.07) is 8.57. The fourth-order valence-corrected chi connectivity index (χ4v) is 5.34. The predicted molar refractivity (Wildman–Crippen MR) is 139 cm³/mol. The summed E-state index contributed by atoms with van der Waals surface area (Å²) in [6.07, 6.45) is -12.9. The molecule has 0 aliphatic carbocycles. The van der Waals surface area contributed by atoms with Crippen LogP contribution >= 0.6 is 0 Å². The minimum Gasteiger partial charge on any atom is -0.493 e. The number of ether oxygens (including phenoxy) is 7. The molecule has 3 aliphatic rings. The zero-order chi connectivity index (χ0) is 30.3. The number of fused-ring (bicyclic) bond motifs is 5. The van der Waals surface area contributed by atoms with Gasteiger partial charge in [-0.25, -0.2) is 0 Å². The largest absolute Gasteiger partial charge is 0.493 e. The van der Waals surface area contributed by atoms with Gasteiger partial charge in [0.15, 0.2) is 17.6 Å². The van der Waals surface area contributed by atoms with Gasteiger partial charge in [0.05, 0.1) is 32.9 Å². The Balaban J connectivity index is 1.34. The molecule has 15 nitrogen and oxygen atoms in total. The van der Waals surface area contributed by atoms with Gasteiger partial charge in [-0.05, 0) is 18.2 Å². The van der Waals surface area contributed by atoms with E-state index in [0.717, 1.165) is 11.1 Å². The lowest BCUT2D eigenvalue weighted by molar-refractivity contribution is -0.291. The van der Waals surface area contributed by atoms with Gasteiger partial charge in [0.25, 0.3) is 0 Å². The maximum atomic E-state index is 12.0. The Morgan fingerprint density at radius 2 is 1.76 bits per heavy atom. The monoisotopic (exact) mass is 592 g/mol. The minimum atomic E-state index is -1.82. The van der Waals surface area contributed by atoms with Crippen LogP contribution in [0.15, 0.2) is 30.3 Å². The van der Waals surface area contributed by atoms with Crippen LogP contribution < -0.4 is 35.2 Å². The van der Waals surface area contributed by atoms with Crippen LogP contribution in [0.2, 0.25) is 0 Å². The molecule has 228 valence electrons. The number of carbonyl (C=O) groups is 2. The molecule has 42 heavy (non-hydrogen) atoms. The van der Waals surface area contributed by atoms with E-state index in [1.165, 1.54) is 14.2 Å². The first-order valence-corrected chi connectivity index (χ1v) is 13.0. The average Bonchev–Trinajstić information content (AvgIpc) is 3.34. The van der Waals surface area contributed by atoms with Gasteiger partial charge in [-0.3, -0.25) is 9.59 Å². The highest BCUT2D eigenvalue weighted by Gasteiger charge is 2.50. The fourth-order valence-electron chi connectivity index (χ4n) is 5.34. The number of nitrogens with two attached hydrogens (primary N) is 2. The van der Waals surface area contributed by atoms with Crippen molar-refractivity contribution in [3.63, 3.8) is 0 Å². The van der Waals surface area contributed by atoms with Gasteiger partial charge in [0.2, 0.25) is 12.0 Å². The SMILES string of the molecule is COc1ccc2c(c1OC)O[C@H]1c3ccc(O[C@@H]4O[C@H]([C@H](OC(=O)CC(=O)O)C(N)N)[C@@H](O)[C@H](O)[C@H]4O)cc3OC[C@@H]21. The summed E-state index contributed by atoms with van der Waals surface area (Å²) < 4.78 is 39.7. The van der Waals surface area contributed by atoms with Crippen molar-refractivity contribution in [1.82, 2.24) is 0 Å². The molecule has 1 fully saturated rings. The molecule has 0 saturated carbocycles. The predicted octanol–water partition coefficient (Wildman–Crippen LogP) is -0.870. The standard InChI is InChI=1S/C27H32N2O13/c1-36-14-6-5-11-13-9-38-15-7-10(3-4-12(15)21(13)41-22(11)23(14)37-2)39-27-20(35)18(33)19(34)24(42-27)25(26(28)29)40-17(32)8-16(30)31/h3-7,13,18-21,24-27,33-35H,8-9,28-29H2,1-2H3,(H,30,31)/t13-,18-,19-,20+,21-,24-,25-,27+/m0/s1. The van der Waals surface area contributed by atoms with Gasteiger partial charge in [0.1, 0.15) is 48.4 Å². The van der Waals surface area contributed by atoms with Gasteiger partial charge < -0.3 is 65.1 Å². The third-order valence-corrected chi connectivity index (χ3v) is 7.38. The van der Waals surface area contributed by atoms with Crippen molar-refractivity contribution < 1.29 is 63.2 Å². The van der Waals surface area contributed by atoms with Gasteiger partial charge in [-0.15, -0.1) is 0 Å². The minimum absolute atomic E-state index is 0.110.